The molecule has 2 amide bonds. The van der Waals surface area contributed by atoms with Crippen LogP contribution >= 0.6 is 0 Å². The molecule has 2 aliphatic carbocycles. The fourth-order valence-electron chi connectivity index (χ4n) is 4.80. The number of sulfonamides is 1. The normalized spacial score (nSPS) is 26.9. The minimum absolute atomic E-state index is 0.0445. The number of imide groups is 1. The van der Waals surface area contributed by atoms with Gasteiger partial charge >= 0.3 is 0 Å². The van der Waals surface area contributed by atoms with Crippen LogP contribution in [0.2, 0.25) is 0 Å². The molecule has 2 bridgehead atoms. The molecule has 7 nitrogen and oxygen atoms in total. The third kappa shape index (κ3) is 2.82. The number of ether oxygens (including phenoxy) is 1. The second-order valence-corrected chi connectivity index (χ2v) is 9.52. The minimum atomic E-state index is -3.81. The maximum atomic E-state index is 12.9. The van der Waals surface area contributed by atoms with E-state index in [1.165, 1.54) is 36.3 Å². The summed E-state index contributed by atoms with van der Waals surface area (Å²) in [4.78, 5) is 27.0. The molecule has 5 rings (SSSR count). The standard InChI is InChI=1S/C22H20N2O5S/c1-29-17-8-4-15(5-9-17)23-30(27,28)18-10-6-16(7-11-18)24-21(25)19-13-2-3-14(12-13)20(19)22(24)26/h2-11,13-14,19-20,23H,12H2,1H3/t13-,14?,19+,20-/m0/s1. The number of allylic oxidation sites excluding steroid dienone is 2. The first-order chi connectivity index (χ1) is 14.4. The molecule has 1 N–H and O–H groups in total. The van der Waals surface area contributed by atoms with Gasteiger partial charge in [-0.1, -0.05) is 12.2 Å². The molecule has 30 heavy (non-hydrogen) atoms. The molecule has 2 aromatic carbocycles. The van der Waals surface area contributed by atoms with E-state index in [0.29, 0.717) is 17.1 Å². The summed E-state index contributed by atoms with van der Waals surface area (Å²) < 4.78 is 32.9. The maximum absolute atomic E-state index is 12.9. The lowest BCUT2D eigenvalue weighted by Gasteiger charge is -2.17. The van der Waals surface area contributed by atoms with Crippen molar-refractivity contribution < 1.29 is 22.7 Å². The molecule has 3 aliphatic rings. The molecule has 4 atom stereocenters. The molecule has 1 unspecified atom stereocenters. The summed E-state index contributed by atoms with van der Waals surface area (Å²) in [5.41, 5.74) is 0.808. The second-order valence-electron chi connectivity index (χ2n) is 7.84. The van der Waals surface area contributed by atoms with Crippen molar-refractivity contribution >= 4 is 33.2 Å². The highest BCUT2D eigenvalue weighted by atomic mass is 32.2. The highest BCUT2D eigenvalue weighted by Crippen LogP contribution is 2.53. The smallest absolute Gasteiger partial charge is 0.261 e. The zero-order valence-electron chi connectivity index (χ0n) is 16.2. The van der Waals surface area contributed by atoms with Gasteiger partial charge in [0, 0.05) is 5.69 Å². The minimum Gasteiger partial charge on any atom is -0.497 e. The Bertz CT molecular complexity index is 1130. The highest BCUT2D eigenvalue weighted by molar-refractivity contribution is 7.92. The van der Waals surface area contributed by atoms with Crippen molar-refractivity contribution in [3.05, 3.63) is 60.7 Å². The van der Waals surface area contributed by atoms with Crippen LogP contribution < -0.4 is 14.4 Å². The molecular formula is C22H20N2O5S. The lowest BCUT2D eigenvalue weighted by atomic mass is 9.85. The summed E-state index contributed by atoms with van der Waals surface area (Å²) in [6.07, 6.45) is 4.96. The van der Waals surface area contributed by atoms with Crippen molar-refractivity contribution in [1.82, 2.24) is 0 Å². The van der Waals surface area contributed by atoms with Gasteiger partial charge in [-0.15, -0.1) is 0 Å². The molecule has 1 saturated heterocycles. The van der Waals surface area contributed by atoms with E-state index in [1.54, 1.807) is 24.3 Å². The number of carbonyl (C=O) groups excluding carboxylic acids is 2. The van der Waals surface area contributed by atoms with Gasteiger partial charge in [0.25, 0.3) is 10.0 Å². The Morgan fingerprint density at radius 2 is 1.47 bits per heavy atom. The van der Waals surface area contributed by atoms with Crippen molar-refractivity contribution in [3.63, 3.8) is 0 Å². The Hall–Kier alpha value is -3.13. The maximum Gasteiger partial charge on any atom is 0.261 e. The van der Waals surface area contributed by atoms with E-state index >= 15 is 0 Å². The van der Waals surface area contributed by atoms with Crippen LogP contribution in [-0.4, -0.2) is 27.3 Å². The molecule has 154 valence electrons. The molecule has 0 radical (unpaired) electrons. The van der Waals surface area contributed by atoms with Gasteiger partial charge < -0.3 is 4.74 Å². The number of benzene rings is 2. The van der Waals surface area contributed by atoms with E-state index in [1.807, 2.05) is 12.2 Å². The quantitative estimate of drug-likeness (QED) is 0.589. The Balaban J connectivity index is 1.36. The SMILES string of the molecule is COc1ccc(NS(=O)(=O)c2ccc(N3C(=O)[C@@H]4[C@H]5C=CC(C5)[C@@H]4C3=O)cc2)cc1. The number of fused-ring (bicyclic) bond motifs is 5. The lowest BCUT2D eigenvalue weighted by molar-refractivity contribution is -0.123. The Kier molecular flexibility index (Phi) is 4.21. The number of carbonyl (C=O) groups is 2. The number of nitrogens with one attached hydrogen (secondary N) is 1. The van der Waals surface area contributed by atoms with Crippen molar-refractivity contribution in [2.45, 2.75) is 11.3 Å². The van der Waals surface area contributed by atoms with Gasteiger partial charge in [0.1, 0.15) is 5.75 Å². The van der Waals surface area contributed by atoms with Gasteiger partial charge in [-0.05, 0) is 66.8 Å². The second kappa shape index (κ2) is 6.70. The van der Waals surface area contributed by atoms with Gasteiger partial charge in [0.15, 0.2) is 0 Å². The van der Waals surface area contributed by atoms with E-state index in [4.69, 9.17) is 4.74 Å². The number of amides is 2. The average molecular weight is 424 g/mol. The van der Waals surface area contributed by atoms with E-state index in [0.717, 1.165) is 6.42 Å². The summed E-state index contributed by atoms with van der Waals surface area (Å²) in [6, 6.07) is 12.4. The van der Waals surface area contributed by atoms with Crippen LogP contribution in [0.3, 0.4) is 0 Å². The van der Waals surface area contributed by atoms with Crippen LogP contribution in [-0.2, 0) is 19.6 Å². The van der Waals surface area contributed by atoms with Crippen LogP contribution in [0.25, 0.3) is 0 Å². The monoisotopic (exact) mass is 424 g/mol. The summed E-state index contributed by atoms with van der Waals surface area (Å²) in [6.45, 7) is 0. The number of hydrogen-bond acceptors (Lipinski definition) is 5. The first kappa shape index (κ1) is 18.9. The molecule has 1 heterocycles. The topological polar surface area (TPSA) is 92.8 Å². The Morgan fingerprint density at radius 3 is 2.00 bits per heavy atom. The van der Waals surface area contributed by atoms with Crippen LogP contribution in [0.1, 0.15) is 6.42 Å². The summed E-state index contributed by atoms with van der Waals surface area (Å²) in [5.74, 6) is -0.0526. The molecule has 8 heteroatoms. The fourth-order valence-corrected chi connectivity index (χ4v) is 5.86. The van der Waals surface area contributed by atoms with Crippen LogP contribution in [0, 0.1) is 23.7 Å². The van der Waals surface area contributed by atoms with Crippen molar-refractivity contribution in [1.29, 1.82) is 0 Å². The van der Waals surface area contributed by atoms with Gasteiger partial charge in [-0.25, -0.2) is 8.42 Å². The first-order valence-electron chi connectivity index (χ1n) is 9.72. The van der Waals surface area contributed by atoms with Crippen molar-refractivity contribution in [3.8, 4) is 5.75 Å². The molecule has 2 aromatic rings. The average Bonchev–Trinajstić information content (AvgIpc) is 3.42. The fraction of sp³-hybridized carbons (Fsp3) is 0.273. The molecule has 2 fully saturated rings. The van der Waals surface area contributed by atoms with Gasteiger partial charge in [-0.3, -0.25) is 19.2 Å². The molecular weight excluding hydrogens is 404 g/mol. The van der Waals surface area contributed by atoms with Crippen LogP contribution in [0.4, 0.5) is 11.4 Å². The molecule has 0 aromatic heterocycles. The predicted molar refractivity (Wildman–Crippen MR) is 110 cm³/mol. The Labute approximate surface area is 174 Å². The van der Waals surface area contributed by atoms with E-state index in [9.17, 15) is 18.0 Å². The highest BCUT2D eigenvalue weighted by Gasteiger charge is 2.59. The lowest BCUT2D eigenvalue weighted by Crippen LogP contribution is -2.32. The van der Waals surface area contributed by atoms with E-state index < -0.39 is 10.0 Å². The van der Waals surface area contributed by atoms with Gasteiger partial charge in [0.05, 0.1) is 29.5 Å². The van der Waals surface area contributed by atoms with E-state index in [-0.39, 0.29) is 40.4 Å². The number of methoxy groups -OCH3 is 1. The number of rotatable bonds is 5. The van der Waals surface area contributed by atoms with Gasteiger partial charge in [-0.2, -0.15) is 0 Å². The van der Waals surface area contributed by atoms with Crippen LogP contribution in [0.15, 0.2) is 65.6 Å². The predicted octanol–water partition coefficient (Wildman–Crippen LogP) is 2.81. The Morgan fingerprint density at radius 1 is 0.900 bits per heavy atom. The van der Waals surface area contributed by atoms with Crippen molar-refractivity contribution in [2.24, 2.45) is 23.7 Å². The summed E-state index contributed by atoms with van der Waals surface area (Å²) >= 11 is 0. The number of anilines is 2. The zero-order valence-corrected chi connectivity index (χ0v) is 17.0. The van der Waals surface area contributed by atoms with Gasteiger partial charge in [0.2, 0.25) is 11.8 Å². The third-order valence-corrected chi connectivity index (χ3v) is 7.61. The number of nitrogens with zero attached hydrogens (tertiary/aromatic N) is 1. The van der Waals surface area contributed by atoms with Crippen LogP contribution in [0.5, 0.6) is 5.75 Å². The number of hydrogen-bond donors (Lipinski definition) is 1. The third-order valence-electron chi connectivity index (χ3n) is 6.22. The molecule has 0 spiro atoms. The summed E-state index contributed by atoms with van der Waals surface area (Å²) in [7, 11) is -2.28. The largest absolute Gasteiger partial charge is 0.497 e. The van der Waals surface area contributed by atoms with E-state index in [2.05, 4.69) is 4.72 Å². The first-order valence-corrected chi connectivity index (χ1v) is 11.2. The van der Waals surface area contributed by atoms with Crippen molar-refractivity contribution in [2.75, 3.05) is 16.7 Å². The molecule has 1 aliphatic heterocycles. The molecule has 1 saturated carbocycles. The zero-order chi connectivity index (χ0) is 21.0. The summed E-state index contributed by atoms with van der Waals surface area (Å²) in [5, 5.41) is 0.